The van der Waals surface area contributed by atoms with Crippen molar-refractivity contribution in [3.8, 4) is 5.88 Å². The van der Waals surface area contributed by atoms with E-state index in [0.717, 1.165) is 0 Å². The summed E-state index contributed by atoms with van der Waals surface area (Å²) in [6, 6.07) is 1.72. The summed E-state index contributed by atoms with van der Waals surface area (Å²) < 4.78 is 29.9. The Morgan fingerprint density at radius 1 is 1.39 bits per heavy atom. The van der Waals surface area contributed by atoms with Crippen LogP contribution >= 0.6 is 0 Å². The molecule has 1 aromatic heterocycles. The average Bonchev–Trinajstić information content (AvgIpc) is 2.28. The van der Waals surface area contributed by atoms with Gasteiger partial charge in [0.05, 0.1) is 6.26 Å². The molecule has 0 aromatic carbocycles. The van der Waals surface area contributed by atoms with E-state index in [-0.39, 0.29) is 6.10 Å². The molecule has 1 aromatic rings. The van der Waals surface area contributed by atoms with Crippen LogP contribution in [-0.2, 0) is 10.0 Å². The largest absolute Gasteiger partial charge is 0.474 e. The zero-order chi connectivity index (χ0) is 13.2. The third-order valence-electron chi connectivity index (χ3n) is 2.91. The van der Waals surface area contributed by atoms with Crippen molar-refractivity contribution in [1.82, 2.24) is 14.3 Å². The smallest absolute Gasteiger partial charge is 0.216 e. The monoisotopic (exact) mass is 271 g/mol. The van der Waals surface area contributed by atoms with Gasteiger partial charge in [0.2, 0.25) is 15.9 Å². The maximum Gasteiger partial charge on any atom is 0.216 e. The fourth-order valence-corrected chi connectivity index (χ4v) is 2.83. The number of nitrogens with zero attached hydrogens (tertiary/aromatic N) is 3. The van der Waals surface area contributed by atoms with Crippen LogP contribution in [0.15, 0.2) is 12.3 Å². The van der Waals surface area contributed by atoms with Gasteiger partial charge in [-0.25, -0.2) is 17.7 Å². The van der Waals surface area contributed by atoms with Crippen molar-refractivity contribution in [2.45, 2.75) is 25.9 Å². The van der Waals surface area contributed by atoms with Crippen molar-refractivity contribution in [3.63, 3.8) is 0 Å². The van der Waals surface area contributed by atoms with Crippen LogP contribution in [0.2, 0.25) is 0 Å². The maximum atomic E-state index is 11.4. The van der Waals surface area contributed by atoms with Gasteiger partial charge in [0.15, 0.2) is 0 Å². The molecule has 7 heteroatoms. The van der Waals surface area contributed by atoms with Gasteiger partial charge in [-0.15, -0.1) is 0 Å². The van der Waals surface area contributed by atoms with Crippen LogP contribution in [0.25, 0.3) is 0 Å². The van der Waals surface area contributed by atoms with Crippen LogP contribution in [0.3, 0.4) is 0 Å². The summed E-state index contributed by atoms with van der Waals surface area (Å²) in [5, 5.41) is 0. The summed E-state index contributed by atoms with van der Waals surface area (Å²) in [4.78, 5) is 8.17. The van der Waals surface area contributed by atoms with Crippen molar-refractivity contribution in [1.29, 1.82) is 0 Å². The van der Waals surface area contributed by atoms with Crippen LogP contribution in [0.4, 0.5) is 0 Å². The molecule has 1 aliphatic rings. The molecule has 0 unspecified atom stereocenters. The minimum atomic E-state index is -3.08. The number of piperidine rings is 1. The second-order valence-electron chi connectivity index (χ2n) is 4.42. The normalized spacial score (nSPS) is 18.8. The van der Waals surface area contributed by atoms with Gasteiger partial charge in [0.25, 0.3) is 0 Å². The molecule has 0 N–H and O–H groups in total. The second kappa shape index (κ2) is 5.19. The van der Waals surface area contributed by atoms with Gasteiger partial charge in [0.1, 0.15) is 11.9 Å². The van der Waals surface area contributed by atoms with Gasteiger partial charge in [-0.3, -0.25) is 0 Å². The minimum Gasteiger partial charge on any atom is -0.474 e. The van der Waals surface area contributed by atoms with E-state index < -0.39 is 10.0 Å². The van der Waals surface area contributed by atoms with Gasteiger partial charge < -0.3 is 4.74 Å². The number of ether oxygens (including phenoxy) is 1. The fourth-order valence-electron chi connectivity index (χ4n) is 1.95. The van der Waals surface area contributed by atoms with Crippen LogP contribution in [0.1, 0.15) is 18.7 Å². The van der Waals surface area contributed by atoms with Gasteiger partial charge in [0, 0.05) is 25.4 Å². The molecule has 0 radical (unpaired) electrons. The highest BCUT2D eigenvalue weighted by molar-refractivity contribution is 7.88. The molecule has 1 fully saturated rings. The Morgan fingerprint density at radius 2 is 2.06 bits per heavy atom. The first-order valence-electron chi connectivity index (χ1n) is 5.86. The van der Waals surface area contributed by atoms with E-state index in [9.17, 15) is 8.42 Å². The highest BCUT2D eigenvalue weighted by Gasteiger charge is 2.26. The lowest BCUT2D eigenvalue weighted by atomic mass is 10.1. The average molecular weight is 271 g/mol. The number of aromatic nitrogens is 2. The summed E-state index contributed by atoms with van der Waals surface area (Å²) in [6.07, 6.45) is 4.30. The standard InChI is InChI=1S/C11H17N3O3S/c1-9-12-6-3-11(13-9)17-10-4-7-14(8-5-10)18(2,15)16/h3,6,10H,4-5,7-8H2,1-2H3. The quantitative estimate of drug-likeness (QED) is 0.804. The van der Waals surface area contributed by atoms with Gasteiger partial charge in [-0.2, -0.15) is 4.98 Å². The predicted octanol–water partition coefficient (Wildman–Crippen LogP) is 0.588. The molecule has 6 nitrogen and oxygen atoms in total. The highest BCUT2D eigenvalue weighted by atomic mass is 32.2. The molecule has 0 aliphatic carbocycles. The molecule has 0 amide bonds. The number of aryl methyl sites for hydroxylation is 1. The SMILES string of the molecule is Cc1nccc(OC2CCN(S(C)(=O)=O)CC2)n1. The lowest BCUT2D eigenvalue weighted by molar-refractivity contribution is 0.130. The molecular formula is C11H17N3O3S. The lowest BCUT2D eigenvalue weighted by Crippen LogP contribution is -2.41. The first kappa shape index (κ1) is 13.2. The Labute approximate surface area is 107 Å². The number of sulfonamides is 1. The lowest BCUT2D eigenvalue weighted by Gasteiger charge is -2.30. The van der Waals surface area contributed by atoms with Gasteiger partial charge in [-0.1, -0.05) is 0 Å². The topological polar surface area (TPSA) is 72.4 Å². The molecule has 2 rings (SSSR count). The van der Waals surface area contributed by atoms with Crippen LogP contribution < -0.4 is 4.74 Å². The summed E-state index contributed by atoms with van der Waals surface area (Å²) in [6.45, 7) is 2.82. The molecule has 1 saturated heterocycles. The second-order valence-corrected chi connectivity index (χ2v) is 6.40. The summed E-state index contributed by atoms with van der Waals surface area (Å²) in [7, 11) is -3.08. The Hall–Kier alpha value is -1.21. The first-order valence-corrected chi connectivity index (χ1v) is 7.71. The third kappa shape index (κ3) is 3.39. The third-order valence-corrected chi connectivity index (χ3v) is 4.21. The van der Waals surface area contributed by atoms with Gasteiger partial charge >= 0.3 is 0 Å². The van der Waals surface area contributed by atoms with E-state index in [1.54, 1.807) is 19.2 Å². The minimum absolute atomic E-state index is 0.0253. The molecule has 18 heavy (non-hydrogen) atoms. The summed E-state index contributed by atoms with van der Waals surface area (Å²) in [5.74, 6) is 1.22. The van der Waals surface area contributed by atoms with Gasteiger partial charge in [-0.05, 0) is 19.8 Å². The molecule has 100 valence electrons. The Bertz CT molecular complexity index is 510. The Kier molecular flexibility index (Phi) is 3.82. The zero-order valence-corrected chi connectivity index (χ0v) is 11.4. The van der Waals surface area contributed by atoms with E-state index in [1.165, 1.54) is 10.6 Å². The van der Waals surface area contributed by atoms with E-state index >= 15 is 0 Å². The number of rotatable bonds is 3. The van der Waals surface area contributed by atoms with Crippen LogP contribution in [0, 0.1) is 6.92 Å². The Morgan fingerprint density at radius 3 is 2.61 bits per heavy atom. The van der Waals surface area contributed by atoms with Crippen molar-refractivity contribution in [2.75, 3.05) is 19.3 Å². The Balaban J connectivity index is 1.91. The molecule has 0 bridgehead atoms. The van der Waals surface area contributed by atoms with Crippen molar-refractivity contribution < 1.29 is 13.2 Å². The van der Waals surface area contributed by atoms with E-state index in [2.05, 4.69) is 9.97 Å². The molecule has 0 spiro atoms. The molecule has 0 saturated carbocycles. The van der Waals surface area contributed by atoms with E-state index in [1.807, 2.05) is 0 Å². The highest BCUT2D eigenvalue weighted by Crippen LogP contribution is 2.18. The molecule has 2 heterocycles. The van der Waals surface area contributed by atoms with E-state index in [0.29, 0.717) is 37.6 Å². The van der Waals surface area contributed by atoms with Crippen molar-refractivity contribution in [3.05, 3.63) is 18.1 Å². The van der Waals surface area contributed by atoms with E-state index in [4.69, 9.17) is 4.74 Å². The number of hydrogen-bond acceptors (Lipinski definition) is 5. The molecule has 0 atom stereocenters. The van der Waals surface area contributed by atoms with Crippen LogP contribution in [0.5, 0.6) is 5.88 Å². The first-order chi connectivity index (χ1) is 8.45. The summed E-state index contributed by atoms with van der Waals surface area (Å²) >= 11 is 0. The molecule has 1 aliphatic heterocycles. The van der Waals surface area contributed by atoms with Crippen molar-refractivity contribution >= 4 is 10.0 Å². The number of hydrogen-bond donors (Lipinski definition) is 0. The van der Waals surface area contributed by atoms with Crippen molar-refractivity contribution in [2.24, 2.45) is 0 Å². The summed E-state index contributed by atoms with van der Waals surface area (Å²) in [5.41, 5.74) is 0. The zero-order valence-electron chi connectivity index (χ0n) is 10.5. The maximum absolute atomic E-state index is 11.4. The molecular weight excluding hydrogens is 254 g/mol. The predicted molar refractivity (Wildman–Crippen MR) is 66.8 cm³/mol. The fraction of sp³-hybridized carbons (Fsp3) is 0.636. The van der Waals surface area contributed by atoms with Crippen LogP contribution in [-0.4, -0.2) is 48.1 Å².